The highest BCUT2D eigenvalue weighted by atomic mass is 16.5. The van der Waals surface area contributed by atoms with E-state index in [2.05, 4.69) is 20.6 Å². The standard InChI is InChI=1S/C23H23N5O3/c1-3-31-19-8-4-16(5-9-19)14-23(29)24-15-22-26-25-21-13-12-20(27-28(21)22)17-6-10-18(30-2)11-7-17/h4-13H,3,14-15H2,1-2H3,(H,24,29). The van der Waals surface area contributed by atoms with Gasteiger partial charge < -0.3 is 14.8 Å². The van der Waals surface area contributed by atoms with Crippen LogP contribution in [-0.4, -0.2) is 39.4 Å². The first-order chi connectivity index (χ1) is 15.2. The van der Waals surface area contributed by atoms with Crippen LogP contribution >= 0.6 is 0 Å². The number of ether oxygens (including phenoxy) is 2. The van der Waals surface area contributed by atoms with Gasteiger partial charge in [-0.3, -0.25) is 4.79 Å². The van der Waals surface area contributed by atoms with E-state index in [9.17, 15) is 4.79 Å². The smallest absolute Gasteiger partial charge is 0.224 e. The molecular formula is C23H23N5O3. The molecule has 2 aromatic carbocycles. The highest BCUT2D eigenvalue weighted by molar-refractivity contribution is 5.78. The summed E-state index contributed by atoms with van der Waals surface area (Å²) >= 11 is 0. The normalized spacial score (nSPS) is 10.8. The van der Waals surface area contributed by atoms with Gasteiger partial charge in [0, 0.05) is 5.56 Å². The predicted octanol–water partition coefficient (Wildman–Crippen LogP) is 3.06. The van der Waals surface area contributed by atoms with Crippen molar-refractivity contribution >= 4 is 11.6 Å². The molecule has 0 aliphatic rings. The average molecular weight is 417 g/mol. The third-order valence-electron chi connectivity index (χ3n) is 4.76. The van der Waals surface area contributed by atoms with Crippen molar-refractivity contribution in [3.05, 3.63) is 72.1 Å². The summed E-state index contributed by atoms with van der Waals surface area (Å²) in [5.74, 6) is 2.03. The first kappa shape index (κ1) is 20.3. The van der Waals surface area contributed by atoms with Gasteiger partial charge in [-0.15, -0.1) is 10.2 Å². The van der Waals surface area contributed by atoms with E-state index >= 15 is 0 Å². The number of hydrogen-bond donors (Lipinski definition) is 1. The fourth-order valence-corrected chi connectivity index (χ4v) is 3.16. The summed E-state index contributed by atoms with van der Waals surface area (Å²) in [5.41, 5.74) is 3.25. The second kappa shape index (κ2) is 9.25. The van der Waals surface area contributed by atoms with Crippen molar-refractivity contribution in [2.24, 2.45) is 0 Å². The van der Waals surface area contributed by atoms with Crippen molar-refractivity contribution in [1.29, 1.82) is 0 Å². The lowest BCUT2D eigenvalue weighted by Gasteiger charge is -2.07. The van der Waals surface area contributed by atoms with Crippen LogP contribution in [0.3, 0.4) is 0 Å². The van der Waals surface area contributed by atoms with Crippen LogP contribution in [0.15, 0.2) is 60.7 Å². The Labute approximate surface area is 179 Å². The third kappa shape index (κ3) is 4.80. The van der Waals surface area contributed by atoms with Crippen LogP contribution in [0.4, 0.5) is 0 Å². The van der Waals surface area contributed by atoms with Crippen LogP contribution in [0, 0.1) is 0 Å². The molecule has 0 aliphatic heterocycles. The highest BCUT2D eigenvalue weighted by Crippen LogP contribution is 2.21. The number of aromatic nitrogens is 4. The molecule has 8 heteroatoms. The van der Waals surface area contributed by atoms with Crippen molar-refractivity contribution in [2.45, 2.75) is 19.9 Å². The molecule has 0 saturated carbocycles. The number of rotatable bonds is 8. The van der Waals surface area contributed by atoms with Gasteiger partial charge in [0.15, 0.2) is 11.5 Å². The van der Waals surface area contributed by atoms with Gasteiger partial charge in [-0.2, -0.15) is 9.61 Å². The third-order valence-corrected chi connectivity index (χ3v) is 4.76. The maximum Gasteiger partial charge on any atom is 0.224 e. The Morgan fingerprint density at radius 1 is 0.968 bits per heavy atom. The van der Waals surface area contributed by atoms with E-state index in [1.54, 1.807) is 11.6 Å². The van der Waals surface area contributed by atoms with Crippen LogP contribution in [0.5, 0.6) is 11.5 Å². The molecule has 158 valence electrons. The molecule has 2 heterocycles. The first-order valence-corrected chi connectivity index (χ1v) is 10.0. The van der Waals surface area contributed by atoms with Crippen molar-refractivity contribution in [1.82, 2.24) is 25.1 Å². The van der Waals surface area contributed by atoms with Crippen LogP contribution in [-0.2, 0) is 17.8 Å². The van der Waals surface area contributed by atoms with E-state index < -0.39 is 0 Å². The van der Waals surface area contributed by atoms with Gasteiger partial charge in [0.2, 0.25) is 5.91 Å². The number of amides is 1. The topological polar surface area (TPSA) is 90.6 Å². The summed E-state index contributed by atoms with van der Waals surface area (Å²) in [5, 5.41) is 15.8. The average Bonchev–Trinajstić information content (AvgIpc) is 3.21. The molecule has 0 atom stereocenters. The van der Waals surface area contributed by atoms with E-state index in [0.717, 1.165) is 28.3 Å². The molecule has 4 aromatic rings. The number of nitrogens with zero attached hydrogens (tertiary/aromatic N) is 4. The quantitative estimate of drug-likeness (QED) is 0.474. The van der Waals surface area contributed by atoms with Gasteiger partial charge in [-0.05, 0) is 61.0 Å². The molecule has 0 saturated heterocycles. The first-order valence-electron chi connectivity index (χ1n) is 10.0. The maximum atomic E-state index is 12.4. The molecule has 31 heavy (non-hydrogen) atoms. The summed E-state index contributed by atoms with van der Waals surface area (Å²) < 4.78 is 12.3. The largest absolute Gasteiger partial charge is 0.497 e. The molecule has 1 amide bonds. The summed E-state index contributed by atoms with van der Waals surface area (Å²) in [6.07, 6.45) is 0.271. The summed E-state index contributed by atoms with van der Waals surface area (Å²) in [6, 6.07) is 18.9. The zero-order chi connectivity index (χ0) is 21.6. The van der Waals surface area contributed by atoms with Gasteiger partial charge in [-0.25, -0.2) is 0 Å². The lowest BCUT2D eigenvalue weighted by Crippen LogP contribution is -2.25. The van der Waals surface area contributed by atoms with E-state index in [4.69, 9.17) is 9.47 Å². The molecule has 0 aliphatic carbocycles. The van der Waals surface area contributed by atoms with Gasteiger partial charge in [0.25, 0.3) is 0 Å². The van der Waals surface area contributed by atoms with E-state index in [0.29, 0.717) is 18.1 Å². The molecule has 0 fully saturated rings. The molecule has 8 nitrogen and oxygen atoms in total. The second-order valence-corrected chi connectivity index (χ2v) is 6.86. The molecule has 0 bridgehead atoms. The van der Waals surface area contributed by atoms with Crippen LogP contribution < -0.4 is 14.8 Å². The Morgan fingerprint density at radius 3 is 2.42 bits per heavy atom. The zero-order valence-electron chi connectivity index (χ0n) is 17.4. The van der Waals surface area contributed by atoms with Gasteiger partial charge in [0.1, 0.15) is 11.5 Å². The molecule has 0 radical (unpaired) electrons. The van der Waals surface area contributed by atoms with Crippen molar-refractivity contribution in [3.63, 3.8) is 0 Å². The van der Waals surface area contributed by atoms with Crippen LogP contribution in [0.1, 0.15) is 18.3 Å². The fraction of sp³-hybridized carbons (Fsp3) is 0.217. The molecule has 2 aromatic heterocycles. The van der Waals surface area contributed by atoms with Crippen LogP contribution in [0.2, 0.25) is 0 Å². The van der Waals surface area contributed by atoms with Gasteiger partial charge in [0.05, 0.1) is 32.4 Å². The summed E-state index contributed by atoms with van der Waals surface area (Å²) in [6.45, 7) is 2.78. The number of carbonyl (C=O) groups is 1. The van der Waals surface area contributed by atoms with Crippen molar-refractivity contribution in [2.75, 3.05) is 13.7 Å². The molecular weight excluding hydrogens is 394 g/mol. The van der Waals surface area contributed by atoms with Gasteiger partial charge in [-0.1, -0.05) is 12.1 Å². The Morgan fingerprint density at radius 2 is 1.71 bits per heavy atom. The zero-order valence-corrected chi connectivity index (χ0v) is 17.4. The highest BCUT2D eigenvalue weighted by Gasteiger charge is 2.11. The minimum atomic E-state index is -0.104. The minimum absolute atomic E-state index is 0.104. The van der Waals surface area contributed by atoms with Crippen LogP contribution in [0.25, 0.3) is 16.9 Å². The molecule has 0 unspecified atom stereocenters. The van der Waals surface area contributed by atoms with E-state index in [1.807, 2.05) is 67.6 Å². The second-order valence-electron chi connectivity index (χ2n) is 6.86. The summed E-state index contributed by atoms with van der Waals surface area (Å²) in [7, 11) is 1.63. The maximum absolute atomic E-state index is 12.4. The SMILES string of the molecule is CCOc1ccc(CC(=O)NCc2nnc3ccc(-c4ccc(OC)cc4)nn23)cc1. The molecule has 0 spiro atoms. The number of methoxy groups -OCH3 is 1. The van der Waals surface area contributed by atoms with Gasteiger partial charge >= 0.3 is 0 Å². The molecule has 4 rings (SSSR count). The van der Waals surface area contributed by atoms with E-state index in [1.165, 1.54) is 0 Å². The minimum Gasteiger partial charge on any atom is -0.497 e. The van der Waals surface area contributed by atoms with Crippen molar-refractivity contribution in [3.8, 4) is 22.8 Å². The predicted molar refractivity (Wildman–Crippen MR) is 116 cm³/mol. The number of fused-ring (bicyclic) bond motifs is 1. The fourth-order valence-electron chi connectivity index (χ4n) is 3.16. The number of benzene rings is 2. The lowest BCUT2D eigenvalue weighted by molar-refractivity contribution is -0.120. The Hall–Kier alpha value is -3.94. The molecule has 1 N–H and O–H groups in total. The Bertz CT molecular complexity index is 1170. The monoisotopic (exact) mass is 417 g/mol. The van der Waals surface area contributed by atoms with E-state index in [-0.39, 0.29) is 18.9 Å². The van der Waals surface area contributed by atoms with Crippen molar-refractivity contribution < 1.29 is 14.3 Å². The Balaban J connectivity index is 1.43. The number of hydrogen-bond acceptors (Lipinski definition) is 6. The number of carbonyl (C=O) groups excluding carboxylic acids is 1. The number of nitrogens with one attached hydrogen (secondary N) is 1. The summed E-state index contributed by atoms with van der Waals surface area (Å²) in [4.78, 5) is 12.4. The lowest BCUT2D eigenvalue weighted by atomic mass is 10.1. The Kier molecular flexibility index (Phi) is 6.07.